The van der Waals surface area contributed by atoms with Crippen LogP contribution in [0.5, 0.6) is 0 Å². The van der Waals surface area contributed by atoms with E-state index in [9.17, 15) is 0 Å². The predicted octanol–water partition coefficient (Wildman–Crippen LogP) is 6.53. The third kappa shape index (κ3) is 4.36. The van der Waals surface area contributed by atoms with Crippen LogP contribution in [-0.4, -0.2) is 0 Å². The molecule has 0 aromatic rings. The van der Waals surface area contributed by atoms with Crippen molar-refractivity contribution in [3.8, 4) is 0 Å². The SMILES string of the molecule is C/C=C/[C]1CCC([C]2CCC(CCC3CC3C)CC2)CC1. The Kier molecular flexibility index (Phi) is 5.46. The molecule has 0 heterocycles. The van der Waals surface area contributed by atoms with Gasteiger partial charge in [0.1, 0.15) is 0 Å². The molecule has 0 nitrogen and oxygen atoms in total. The molecule has 3 aliphatic carbocycles. The molecule has 0 N–H and O–H groups in total. The van der Waals surface area contributed by atoms with E-state index in [0.717, 1.165) is 23.7 Å². The fourth-order valence-corrected chi connectivity index (χ4v) is 4.80. The molecule has 118 valence electrons. The first kappa shape index (κ1) is 15.6. The molecule has 0 bridgehead atoms. The Bertz CT molecular complexity index is 326. The van der Waals surface area contributed by atoms with Gasteiger partial charge in [0.15, 0.2) is 0 Å². The average Bonchev–Trinajstić information content (AvgIpc) is 3.23. The van der Waals surface area contributed by atoms with E-state index in [2.05, 4.69) is 26.0 Å². The highest BCUT2D eigenvalue weighted by atomic mass is 14.4. The van der Waals surface area contributed by atoms with E-state index in [1.54, 1.807) is 5.92 Å². The van der Waals surface area contributed by atoms with Crippen molar-refractivity contribution in [1.29, 1.82) is 0 Å². The highest BCUT2D eigenvalue weighted by Crippen LogP contribution is 2.46. The average molecular weight is 287 g/mol. The Morgan fingerprint density at radius 2 is 1.62 bits per heavy atom. The van der Waals surface area contributed by atoms with Crippen LogP contribution in [0.2, 0.25) is 0 Å². The molecule has 21 heavy (non-hydrogen) atoms. The van der Waals surface area contributed by atoms with Crippen LogP contribution in [0.3, 0.4) is 0 Å². The van der Waals surface area contributed by atoms with E-state index in [1.165, 1.54) is 70.6 Å². The Morgan fingerprint density at radius 1 is 0.952 bits per heavy atom. The minimum absolute atomic E-state index is 0.975. The maximum Gasteiger partial charge on any atom is -0.00272 e. The zero-order valence-electron chi connectivity index (χ0n) is 14.2. The molecule has 2 unspecified atom stereocenters. The summed E-state index contributed by atoms with van der Waals surface area (Å²) < 4.78 is 0. The van der Waals surface area contributed by atoms with Gasteiger partial charge in [-0.1, -0.05) is 25.5 Å². The van der Waals surface area contributed by atoms with Crippen molar-refractivity contribution in [2.24, 2.45) is 23.7 Å². The minimum atomic E-state index is 0.975. The second-order valence-electron chi connectivity index (χ2n) is 8.08. The monoisotopic (exact) mass is 286 g/mol. The van der Waals surface area contributed by atoms with Gasteiger partial charge in [-0.15, -0.1) is 0 Å². The van der Waals surface area contributed by atoms with E-state index < -0.39 is 0 Å². The number of hydrogen-bond acceptors (Lipinski definition) is 0. The Hall–Kier alpha value is -0.260. The van der Waals surface area contributed by atoms with Crippen LogP contribution in [0.1, 0.15) is 84.5 Å². The lowest BCUT2D eigenvalue weighted by atomic mass is 9.68. The van der Waals surface area contributed by atoms with Crippen molar-refractivity contribution in [3.63, 3.8) is 0 Å². The van der Waals surface area contributed by atoms with Crippen molar-refractivity contribution >= 4 is 0 Å². The van der Waals surface area contributed by atoms with Crippen LogP contribution >= 0.6 is 0 Å². The van der Waals surface area contributed by atoms with Gasteiger partial charge >= 0.3 is 0 Å². The fourth-order valence-electron chi connectivity index (χ4n) is 4.80. The smallest absolute Gasteiger partial charge is 0.00272 e. The standard InChI is InChI=1S/C21H34/c1-3-4-17-5-10-19(11-6-17)20-12-7-18(8-13-20)9-14-21-15-16(21)2/h3-4,16,18-19,21H,5-15H2,1-2H3/b4-3+. The molecule has 2 radical (unpaired) electrons. The molecule has 0 spiro atoms. The van der Waals surface area contributed by atoms with E-state index in [-0.39, 0.29) is 0 Å². The fraction of sp³-hybridized carbons (Fsp3) is 0.810. The molecule has 0 heteroatoms. The lowest BCUT2D eigenvalue weighted by molar-refractivity contribution is 0.282. The molecule has 0 aromatic heterocycles. The topological polar surface area (TPSA) is 0 Å². The van der Waals surface area contributed by atoms with Crippen molar-refractivity contribution in [3.05, 3.63) is 24.0 Å². The highest BCUT2D eigenvalue weighted by Gasteiger charge is 2.34. The summed E-state index contributed by atoms with van der Waals surface area (Å²) in [5.41, 5.74) is 0. The van der Waals surface area contributed by atoms with Crippen LogP contribution in [0.25, 0.3) is 0 Å². The first-order chi connectivity index (χ1) is 10.3. The summed E-state index contributed by atoms with van der Waals surface area (Å²) in [6.45, 7) is 4.58. The summed E-state index contributed by atoms with van der Waals surface area (Å²) in [7, 11) is 0. The van der Waals surface area contributed by atoms with Crippen molar-refractivity contribution < 1.29 is 0 Å². The van der Waals surface area contributed by atoms with Gasteiger partial charge in [0, 0.05) is 0 Å². The molecule has 0 aliphatic heterocycles. The van der Waals surface area contributed by atoms with Gasteiger partial charge in [-0.05, 0) is 107 Å². The summed E-state index contributed by atoms with van der Waals surface area (Å²) in [6, 6.07) is 0. The lowest BCUT2D eigenvalue weighted by Crippen LogP contribution is -2.23. The van der Waals surface area contributed by atoms with Gasteiger partial charge in [0.25, 0.3) is 0 Å². The third-order valence-corrected chi connectivity index (χ3v) is 6.58. The Labute approximate surface area is 132 Å². The van der Waals surface area contributed by atoms with Gasteiger partial charge in [0.05, 0.1) is 0 Å². The molecule has 0 saturated heterocycles. The van der Waals surface area contributed by atoms with Gasteiger partial charge < -0.3 is 0 Å². The molecule has 3 rings (SSSR count). The van der Waals surface area contributed by atoms with Crippen LogP contribution in [0.15, 0.2) is 12.2 Å². The first-order valence-electron chi connectivity index (χ1n) is 9.58. The van der Waals surface area contributed by atoms with Crippen LogP contribution < -0.4 is 0 Å². The summed E-state index contributed by atoms with van der Waals surface area (Å²) in [6.07, 6.45) is 20.7. The quantitative estimate of drug-likeness (QED) is 0.539. The van der Waals surface area contributed by atoms with E-state index in [4.69, 9.17) is 0 Å². The summed E-state index contributed by atoms with van der Waals surface area (Å²) in [5, 5.41) is 0. The summed E-state index contributed by atoms with van der Waals surface area (Å²) in [5.74, 6) is 7.85. The maximum atomic E-state index is 2.43. The molecular weight excluding hydrogens is 252 g/mol. The maximum absolute atomic E-state index is 2.43. The largest absolute Gasteiger partial charge is 0.0911 e. The highest BCUT2D eigenvalue weighted by molar-refractivity contribution is 5.14. The predicted molar refractivity (Wildman–Crippen MR) is 91.7 cm³/mol. The van der Waals surface area contributed by atoms with Crippen molar-refractivity contribution in [2.75, 3.05) is 0 Å². The molecule has 2 atom stereocenters. The molecule has 3 fully saturated rings. The zero-order chi connectivity index (χ0) is 14.7. The molecule has 3 saturated carbocycles. The second-order valence-corrected chi connectivity index (χ2v) is 8.08. The third-order valence-electron chi connectivity index (χ3n) is 6.58. The van der Waals surface area contributed by atoms with Crippen LogP contribution in [0, 0.1) is 35.5 Å². The molecule has 0 aromatic carbocycles. The normalized spacial score (nSPS) is 33.8. The first-order valence-corrected chi connectivity index (χ1v) is 9.58. The van der Waals surface area contributed by atoms with Gasteiger partial charge in [0.2, 0.25) is 0 Å². The molecular formula is C21H34. The number of allylic oxidation sites excluding steroid dienone is 2. The van der Waals surface area contributed by atoms with E-state index in [0.29, 0.717) is 0 Å². The van der Waals surface area contributed by atoms with E-state index >= 15 is 0 Å². The lowest BCUT2D eigenvalue weighted by Gasteiger charge is -2.37. The molecule has 3 aliphatic rings. The van der Waals surface area contributed by atoms with Crippen LogP contribution in [-0.2, 0) is 0 Å². The van der Waals surface area contributed by atoms with Gasteiger partial charge in [-0.2, -0.15) is 0 Å². The Balaban J connectivity index is 1.34. The summed E-state index contributed by atoms with van der Waals surface area (Å²) in [4.78, 5) is 0. The van der Waals surface area contributed by atoms with Crippen molar-refractivity contribution in [1.82, 2.24) is 0 Å². The number of hydrogen-bond donors (Lipinski definition) is 0. The summed E-state index contributed by atoms with van der Waals surface area (Å²) >= 11 is 0. The van der Waals surface area contributed by atoms with Gasteiger partial charge in [-0.3, -0.25) is 0 Å². The van der Waals surface area contributed by atoms with Crippen LogP contribution in [0.4, 0.5) is 0 Å². The van der Waals surface area contributed by atoms with Gasteiger partial charge in [-0.25, -0.2) is 0 Å². The minimum Gasteiger partial charge on any atom is -0.0911 e. The second kappa shape index (κ2) is 7.34. The molecule has 0 amide bonds. The Morgan fingerprint density at radius 3 is 2.19 bits per heavy atom. The number of rotatable bonds is 5. The van der Waals surface area contributed by atoms with Crippen molar-refractivity contribution in [2.45, 2.75) is 84.5 Å². The van der Waals surface area contributed by atoms with E-state index in [1.807, 2.05) is 5.92 Å². The zero-order valence-corrected chi connectivity index (χ0v) is 14.2.